The van der Waals surface area contributed by atoms with Crippen molar-refractivity contribution in [1.82, 2.24) is 5.32 Å². The number of methoxy groups -OCH3 is 1. The van der Waals surface area contributed by atoms with Crippen molar-refractivity contribution in [3.63, 3.8) is 0 Å². The molecule has 0 aromatic heterocycles. The number of esters is 1. The Labute approximate surface area is 195 Å². The van der Waals surface area contributed by atoms with E-state index in [4.69, 9.17) is 14.2 Å². The largest absolute Gasteiger partial charge is 0.490 e. The van der Waals surface area contributed by atoms with E-state index in [0.29, 0.717) is 19.0 Å². The lowest BCUT2D eigenvalue weighted by molar-refractivity contribution is -0.142. The third kappa shape index (κ3) is 8.86. The highest BCUT2D eigenvalue weighted by Gasteiger charge is 2.05. The van der Waals surface area contributed by atoms with E-state index in [1.807, 2.05) is 78.9 Å². The van der Waals surface area contributed by atoms with Crippen molar-refractivity contribution in [2.75, 3.05) is 33.4 Å². The molecule has 0 saturated heterocycles. The maximum atomic E-state index is 11.1. The molecule has 174 valence electrons. The number of ether oxygens (including phenoxy) is 4. The molecule has 1 N–H and O–H groups in total. The summed E-state index contributed by atoms with van der Waals surface area (Å²) in [6, 6.07) is 25.6. The van der Waals surface area contributed by atoms with Gasteiger partial charge in [-0.3, -0.25) is 0 Å². The second-order valence-corrected chi connectivity index (χ2v) is 7.43. The summed E-state index contributed by atoms with van der Waals surface area (Å²) in [4.78, 5) is 11.1. The molecular weight excluding hydrogens is 418 g/mol. The summed E-state index contributed by atoms with van der Waals surface area (Å²) < 4.78 is 21.8. The summed E-state index contributed by atoms with van der Waals surface area (Å²) in [5.41, 5.74) is 2.33. The zero-order valence-corrected chi connectivity index (χ0v) is 19.0. The van der Waals surface area contributed by atoms with Gasteiger partial charge in [-0.2, -0.15) is 0 Å². The highest BCUT2D eigenvalue weighted by Crippen LogP contribution is 2.27. The monoisotopic (exact) mass is 449 g/mol. The molecule has 0 atom stereocenters. The van der Waals surface area contributed by atoms with Crippen LogP contribution in [0.25, 0.3) is 0 Å². The average molecular weight is 450 g/mol. The molecule has 0 fully saturated rings. The van der Waals surface area contributed by atoms with Gasteiger partial charge in [-0.1, -0.05) is 54.6 Å². The maximum absolute atomic E-state index is 11.1. The first-order chi connectivity index (χ1) is 16.2. The summed E-state index contributed by atoms with van der Waals surface area (Å²) >= 11 is 0. The smallest absolute Gasteiger partial charge is 0.343 e. The van der Waals surface area contributed by atoms with Gasteiger partial charge in [0.2, 0.25) is 0 Å². The Bertz CT molecular complexity index is 960. The molecule has 0 aliphatic carbocycles. The number of nitrogens with one attached hydrogen (secondary N) is 1. The van der Waals surface area contributed by atoms with E-state index in [0.717, 1.165) is 43.0 Å². The number of benzene rings is 3. The summed E-state index contributed by atoms with van der Waals surface area (Å²) in [7, 11) is 1.34. The molecule has 3 rings (SSSR count). The Balaban J connectivity index is 1.29. The maximum Gasteiger partial charge on any atom is 0.343 e. The lowest BCUT2D eigenvalue weighted by Crippen LogP contribution is -2.20. The molecule has 0 amide bonds. The van der Waals surface area contributed by atoms with Crippen LogP contribution in [0.2, 0.25) is 0 Å². The molecule has 0 saturated carbocycles. The highest BCUT2D eigenvalue weighted by atomic mass is 16.6. The zero-order valence-electron chi connectivity index (χ0n) is 19.0. The van der Waals surface area contributed by atoms with Gasteiger partial charge in [0.15, 0.2) is 18.1 Å². The van der Waals surface area contributed by atoms with Crippen molar-refractivity contribution >= 4 is 5.97 Å². The normalized spacial score (nSPS) is 10.5. The van der Waals surface area contributed by atoms with Crippen LogP contribution in [0, 0.1) is 0 Å². The first kappa shape index (κ1) is 24.1. The van der Waals surface area contributed by atoms with Crippen LogP contribution in [0.4, 0.5) is 0 Å². The standard InChI is InChI=1S/C27H31NO5/c1-30-27(29)21-32-24-14-12-22(13-15-24)16-18-28-17-7-19-31-25-10-5-6-11-26(25)33-20-23-8-3-2-4-9-23/h2-6,8-15,28H,7,16-21H2,1H3. The number of carbonyl (C=O) groups excluding carboxylic acids is 1. The van der Waals surface area contributed by atoms with Crippen LogP contribution < -0.4 is 19.5 Å². The predicted molar refractivity (Wildman–Crippen MR) is 128 cm³/mol. The fourth-order valence-electron chi connectivity index (χ4n) is 3.11. The fourth-order valence-corrected chi connectivity index (χ4v) is 3.11. The number of para-hydroxylation sites is 2. The summed E-state index contributed by atoms with van der Waals surface area (Å²) in [5.74, 6) is 1.79. The Morgan fingerprint density at radius 3 is 2.18 bits per heavy atom. The van der Waals surface area contributed by atoms with Crippen molar-refractivity contribution in [3.8, 4) is 17.2 Å². The second-order valence-electron chi connectivity index (χ2n) is 7.43. The SMILES string of the molecule is COC(=O)COc1ccc(CCNCCCOc2ccccc2OCc2ccccc2)cc1. The first-order valence-corrected chi connectivity index (χ1v) is 11.1. The molecular formula is C27H31NO5. The number of hydrogen-bond donors (Lipinski definition) is 1. The molecule has 0 spiro atoms. The molecule has 6 nitrogen and oxygen atoms in total. The first-order valence-electron chi connectivity index (χ1n) is 11.1. The molecule has 3 aromatic rings. The Hall–Kier alpha value is -3.51. The van der Waals surface area contributed by atoms with Crippen LogP contribution in [-0.2, 0) is 22.6 Å². The molecule has 0 unspecified atom stereocenters. The molecule has 0 heterocycles. The minimum atomic E-state index is -0.393. The van der Waals surface area contributed by atoms with Gasteiger partial charge >= 0.3 is 5.97 Å². The Morgan fingerprint density at radius 2 is 1.45 bits per heavy atom. The number of carbonyl (C=O) groups is 1. The van der Waals surface area contributed by atoms with Gasteiger partial charge in [0, 0.05) is 0 Å². The van der Waals surface area contributed by atoms with Crippen LogP contribution in [0.3, 0.4) is 0 Å². The van der Waals surface area contributed by atoms with Crippen LogP contribution in [0.1, 0.15) is 17.5 Å². The summed E-state index contributed by atoms with van der Waals surface area (Å²) in [6.07, 6.45) is 1.81. The van der Waals surface area contributed by atoms with Crippen LogP contribution >= 0.6 is 0 Å². The van der Waals surface area contributed by atoms with Gasteiger partial charge in [0.25, 0.3) is 0 Å². The van der Waals surface area contributed by atoms with Crippen LogP contribution in [0.15, 0.2) is 78.9 Å². The molecule has 6 heteroatoms. The molecule has 3 aromatic carbocycles. The molecule has 0 aliphatic heterocycles. The summed E-state index contributed by atoms with van der Waals surface area (Å²) in [5, 5.41) is 3.44. The summed E-state index contributed by atoms with van der Waals surface area (Å²) in [6.45, 7) is 2.79. The van der Waals surface area contributed by atoms with Gasteiger partial charge in [0.05, 0.1) is 13.7 Å². The Morgan fingerprint density at radius 1 is 0.758 bits per heavy atom. The van der Waals surface area contributed by atoms with E-state index >= 15 is 0 Å². The van der Waals surface area contributed by atoms with E-state index in [1.54, 1.807) is 0 Å². The lowest BCUT2D eigenvalue weighted by atomic mass is 10.1. The molecule has 0 bridgehead atoms. The molecule has 0 radical (unpaired) electrons. The third-order valence-electron chi connectivity index (χ3n) is 4.94. The van der Waals surface area contributed by atoms with Crippen molar-refractivity contribution < 1.29 is 23.7 Å². The van der Waals surface area contributed by atoms with E-state index in [2.05, 4.69) is 10.1 Å². The minimum Gasteiger partial charge on any atom is -0.490 e. The quantitative estimate of drug-likeness (QED) is 0.290. The molecule has 0 aliphatic rings. The molecule has 33 heavy (non-hydrogen) atoms. The van der Waals surface area contributed by atoms with Gasteiger partial charge in [-0.15, -0.1) is 0 Å². The van der Waals surface area contributed by atoms with Crippen molar-refractivity contribution in [3.05, 3.63) is 90.0 Å². The van der Waals surface area contributed by atoms with Gasteiger partial charge in [-0.05, 0) is 61.3 Å². The predicted octanol–water partition coefficient (Wildman–Crippen LogP) is 4.42. The van der Waals surface area contributed by atoms with E-state index in [1.165, 1.54) is 12.7 Å². The van der Waals surface area contributed by atoms with E-state index < -0.39 is 5.97 Å². The Kier molecular flexibility index (Phi) is 10.1. The van der Waals surface area contributed by atoms with Gasteiger partial charge in [0.1, 0.15) is 12.4 Å². The van der Waals surface area contributed by atoms with Gasteiger partial charge < -0.3 is 24.3 Å². The van der Waals surface area contributed by atoms with E-state index in [9.17, 15) is 4.79 Å². The van der Waals surface area contributed by atoms with Crippen molar-refractivity contribution in [2.45, 2.75) is 19.4 Å². The van der Waals surface area contributed by atoms with Crippen molar-refractivity contribution in [1.29, 1.82) is 0 Å². The second kappa shape index (κ2) is 13.8. The topological polar surface area (TPSA) is 66.0 Å². The van der Waals surface area contributed by atoms with Gasteiger partial charge in [-0.25, -0.2) is 4.79 Å². The van der Waals surface area contributed by atoms with Crippen LogP contribution in [0.5, 0.6) is 17.2 Å². The number of hydrogen-bond acceptors (Lipinski definition) is 6. The lowest BCUT2D eigenvalue weighted by Gasteiger charge is -2.13. The van der Waals surface area contributed by atoms with Crippen molar-refractivity contribution in [2.24, 2.45) is 0 Å². The zero-order chi connectivity index (χ0) is 23.1. The minimum absolute atomic E-state index is 0.0803. The fraction of sp³-hybridized carbons (Fsp3) is 0.296. The van der Waals surface area contributed by atoms with Crippen LogP contribution in [-0.4, -0.2) is 39.4 Å². The number of rotatable bonds is 14. The highest BCUT2D eigenvalue weighted by molar-refractivity contribution is 5.70. The van der Waals surface area contributed by atoms with E-state index in [-0.39, 0.29) is 6.61 Å². The third-order valence-corrected chi connectivity index (χ3v) is 4.94. The average Bonchev–Trinajstić information content (AvgIpc) is 2.87.